The van der Waals surface area contributed by atoms with E-state index in [0.717, 1.165) is 18.5 Å². The predicted molar refractivity (Wildman–Crippen MR) is 71.8 cm³/mol. The van der Waals surface area contributed by atoms with Gasteiger partial charge in [-0.25, -0.2) is 0 Å². The van der Waals surface area contributed by atoms with Crippen molar-refractivity contribution < 1.29 is 0 Å². The van der Waals surface area contributed by atoms with E-state index in [1.807, 2.05) is 24.4 Å². The molecule has 3 nitrogen and oxygen atoms in total. The highest BCUT2D eigenvalue weighted by atomic mass is 15.0. The van der Waals surface area contributed by atoms with Crippen LogP contribution in [0.3, 0.4) is 0 Å². The van der Waals surface area contributed by atoms with Crippen LogP contribution in [-0.4, -0.2) is 11.0 Å². The molecule has 1 aromatic rings. The zero-order valence-corrected chi connectivity index (χ0v) is 11.0. The lowest BCUT2D eigenvalue weighted by atomic mass is 9.95. The quantitative estimate of drug-likeness (QED) is 0.829. The van der Waals surface area contributed by atoms with Gasteiger partial charge in [-0.05, 0) is 31.9 Å². The number of nitrogens with zero attached hydrogens (tertiary/aromatic N) is 2. The maximum absolute atomic E-state index is 9.26. The Balaban J connectivity index is 2.00. The Kier molecular flexibility index (Phi) is 4.72. The Labute approximate surface area is 109 Å². The minimum Gasteiger partial charge on any atom is -0.305 e. The third-order valence-electron chi connectivity index (χ3n) is 3.78. The van der Waals surface area contributed by atoms with Crippen molar-refractivity contribution in [2.45, 2.75) is 51.1 Å². The summed E-state index contributed by atoms with van der Waals surface area (Å²) in [4.78, 5) is 4.37. The van der Waals surface area contributed by atoms with Crippen LogP contribution in [0, 0.1) is 17.2 Å². The molecule has 3 heteroatoms. The van der Waals surface area contributed by atoms with Crippen molar-refractivity contribution in [3.05, 3.63) is 30.1 Å². The molecule has 2 rings (SSSR count). The number of hydrogen-bond acceptors (Lipinski definition) is 3. The van der Waals surface area contributed by atoms with Crippen LogP contribution in [0.4, 0.5) is 0 Å². The van der Waals surface area contributed by atoms with Crippen molar-refractivity contribution in [3.8, 4) is 6.07 Å². The van der Waals surface area contributed by atoms with Gasteiger partial charge in [0.1, 0.15) is 0 Å². The van der Waals surface area contributed by atoms with E-state index in [1.165, 1.54) is 19.3 Å². The van der Waals surface area contributed by atoms with Crippen LogP contribution in [0.25, 0.3) is 0 Å². The number of hydrogen-bond donors (Lipinski definition) is 1. The second-order valence-corrected chi connectivity index (χ2v) is 5.12. The molecule has 1 aliphatic rings. The first-order valence-electron chi connectivity index (χ1n) is 6.88. The van der Waals surface area contributed by atoms with Crippen LogP contribution < -0.4 is 5.32 Å². The molecule has 1 N–H and O–H groups in total. The fourth-order valence-corrected chi connectivity index (χ4v) is 2.70. The van der Waals surface area contributed by atoms with Gasteiger partial charge in [0.2, 0.25) is 0 Å². The Morgan fingerprint density at radius 1 is 1.33 bits per heavy atom. The molecule has 0 aromatic carbocycles. The minimum absolute atomic E-state index is 0.152. The Bertz CT molecular complexity index is 396. The van der Waals surface area contributed by atoms with Gasteiger partial charge in [0.05, 0.1) is 17.7 Å². The van der Waals surface area contributed by atoms with Crippen molar-refractivity contribution in [3.63, 3.8) is 0 Å². The summed E-state index contributed by atoms with van der Waals surface area (Å²) < 4.78 is 0. The van der Waals surface area contributed by atoms with Gasteiger partial charge in [-0.2, -0.15) is 5.26 Å². The summed E-state index contributed by atoms with van der Waals surface area (Å²) in [6.07, 6.45) is 7.63. The molecular weight excluding hydrogens is 222 g/mol. The molecule has 0 saturated heterocycles. The van der Waals surface area contributed by atoms with Gasteiger partial charge in [-0.3, -0.25) is 4.98 Å². The maximum atomic E-state index is 9.26. The summed E-state index contributed by atoms with van der Waals surface area (Å²) in [6.45, 7) is 2.13. The normalized spacial score (nSPS) is 26.0. The van der Waals surface area contributed by atoms with Crippen LogP contribution >= 0.6 is 0 Å². The first kappa shape index (κ1) is 13.0. The molecule has 1 aliphatic carbocycles. The molecule has 0 spiro atoms. The molecule has 0 radical (unpaired) electrons. The number of rotatable bonds is 3. The SMILES string of the molecule is C[C@H](NC1CCCCCC1C#N)c1ccccn1. The topological polar surface area (TPSA) is 48.7 Å². The minimum atomic E-state index is 0.152. The van der Waals surface area contributed by atoms with E-state index in [9.17, 15) is 5.26 Å². The van der Waals surface area contributed by atoms with Gasteiger partial charge < -0.3 is 5.32 Å². The highest BCUT2D eigenvalue weighted by Crippen LogP contribution is 2.25. The van der Waals surface area contributed by atoms with Crippen LogP contribution in [0.15, 0.2) is 24.4 Å². The summed E-state index contributed by atoms with van der Waals surface area (Å²) in [6, 6.07) is 8.97. The maximum Gasteiger partial charge on any atom is 0.0672 e. The zero-order chi connectivity index (χ0) is 12.8. The summed E-state index contributed by atoms with van der Waals surface area (Å²) in [5.41, 5.74) is 1.05. The summed E-state index contributed by atoms with van der Waals surface area (Å²) in [5.74, 6) is 0.152. The van der Waals surface area contributed by atoms with Crippen LogP contribution in [0.1, 0.15) is 50.8 Å². The first-order valence-corrected chi connectivity index (χ1v) is 6.88. The molecule has 3 atom stereocenters. The highest BCUT2D eigenvalue weighted by Gasteiger charge is 2.25. The molecule has 96 valence electrons. The third-order valence-corrected chi connectivity index (χ3v) is 3.78. The average molecular weight is 243 g/mol. The summed E-state index contributed by atoms with van der Waals surface area (Å²) >= 11 is 0. The molecule has 2 unspecified atom stereocenters. The fraction of sp³-hybridized carbons (Fsp3) is 0.600. The van der Waals surface area contributed by atoms with Crippen molar-refractivity contribution in [1.82, 2.24) is 10.3 Å². The van der Waals surface area contributed by atoms with Gasteiger partial charge in [0.25, 0.3) is 0 Å². The van der Waals surface area contributed by atoms with Crippen molar-refractivity contribution in [2.75, 3.05) is 0 Å². The summed E-state index contributed by atoms with van der Waals surface area (Å²) in [5, 5.41) is 12.9. The Morgan fingerprint density at radius 2 is 2.17 bits per heavy atom. The molecule has 0 aliphatic heterocycles. The number of pyridine rings is 1. The van der Waals surface area contributed by atoms with E-state index in [1.54, 1.807) is 0 Å². The lowest BCUT2D eigenvalue weighted by molar-refractivity contribution is 0.358. The van der Waals surface area contributed by atoms with E-state index in [4.69, 9.17) is 0 Å². The molecule has 1 heterocycles. The largest absolute Gasteiger partial charge is 0.305 e. The highest BCUT2D eigenvalue weighted by molar-refractivity contribution is 5.08. The van der Waals surface area contributed by atoms with E-state index >= 15 is 0 Å². The van der Waals surface area contributed by atoms with Crippen molar-refractivity contribution in [2.24, 2.45) is 5.92 Å². The van der Waals surface area contributed by atoms with Crippen LogP contribution in [0.5, 0.6) is 0 Å². The number of aromatic nitrogens is 1. The molecule has 1 aromatic heterocycles. The van der Waals surface area contributed by atoms with Gasteiger partial charge >= 0.3 is 0 Å². The van der Waals surface area contributed by atoms with E-state index < -0.39 is 0 Å². The van der Waals surface area contributed by atoms with Crippen molar-refractivity contribution in [1.29, 1.82) is 5.26 Å². The third kappa shape index (κ3) is 3.30. The van der Waals surface area contributed by atoms with Crippen molar-refractivity contribution >= 4 is 0 Å². The molecular formula is C15H21N3. The molecule has 18 heavy (non-hydrogen) atoms. The zero-order valence-electron chi connectivity index (χ0n) is 11.0. The molecule has 1 saturated carbocycles. The van der Waals surface area contributed by atoms with Gasteiger partial charge in [-0.1, -0.05) is 25.3 Å². The predicted octanol–water partition coefficient (Wildman–Crippen LogP) is 3.20. The lowest BCUT2D eigenvalue weighted by Gasteiger charge is -2.25. The standard InChI is InChI=1S/C15H21N3/c1-12(14-8-5-6-10-17-14)18-15-9-4-2-3-7-13(15)11-16/h5-6,8,10,12-13,15,18H,2-4,7,9H2,1H3/t12-,13?,15?/m0/s1. The first-order chi connectivity index (χ1) is 8.81. The number of nitriles is 1. The molecule has 0 bridgehead atoms. The van der Waals surface area contributed by atoms with Gasteiger partial charge in [0.15, 0.2) is 0 Å². The van der Waals surface area contributed by atoms with Crippen LogP contribution in [-0.2, 0) is 0 Å². The monoisotopic (exact) mass is 243 g/mol. The summed E-state index contributed by atoms with van der Waals surface area (Å²) in [7, 11) is 0. The lowest BCUT2D eigenvalue weighted by Crippen LogP contribution is -2.37. The molecule has 1 fully saturated rings. The number of nitrogens with one attached hydrogen (secondary N) is 1. The Hall–Kier alpha value is -1.40. The van der Waals surface area contributed by atoms with Gasteiger partial charge in [0, 0.05) is 18.3 Å². The fourth-order valence-electron chi connectivity index (χ4n) is 2.70. The van der Waals surface area contributed by atoms with E-state index in [2.05, 4.69) is 23.3 Å². The smallest absolute Gasteiger partial charge is 0.0672 e. The average Bonchev–Trinajstić information content (AvgIpc) is 2.64. The van der Waals surface area contributed by atoms with E-state index in [0.29, 0.717) is 6.04 Å². The molecule has 0 amide bonds. The second-order valence-electron chi connectivity index (χ2n) is 5.12. The van der Waals surface area contributed by atoms with Gasteiger partial charge in [-0.15, -0.1) is 0 Å². The van der Waals surface area contributed by atoms with Crippen LogP contribution in [0.2, 0.25) is 0 Å². The second kappa shape index (κ2) is 6.51. The Morgan fingerprint density at radius 3 is 2.89 bits per heavy atom. The van der Waals surface area contributed by atoms with E-state index in [-0.39, 0.29) is 12.0 Å².